The quantitative estimate of drug-likeness (QED) is 0.205. The van der Waals surface area contributed by atoms with Crippen LogP contribution in [0.25, 0.3) is 16.2 Å². The third-order valence-electron chi connectivity index (χ3n) is 6.12. The van der Waals surface area contributed by atoms with Crippen LogP contribution in [-0.2, 0) is 26.7 Å². The minimum absolute atomic E-state index is 0.239. The summed E-state index contributed by atoms with van der Waals surface area (Å²) < 4.78 is 64.7. The molecule has 210 valence electrons. The number of hydrogen-bond acceptors (Lipinski definition) is 7. The van der Waals surface area contributed by atoms with E-state index < -0.39 is 20.2 Å². The molecular formula is C26H27Cl2NO6S4. The lowest BCUT2D eigenvalue weighted by molar-refractivity contribution is 0.479. The van der Waals surface area contributed by atoms with E-state index in [0.717, 1.165) is 41.7 Å². The topological polar surface area (TPSA) is 112 Å². The smallest absolute Gasteiger partial charge is 0.264 e. The zero-order chi connectivity index (χ0) is 28.4. The number of thiophene rings is 1. The van der Waals surface area contributed by atoms with Crippen molar-refractivity contribution in [2.75, 3.05) is 23.0 Å². The first-order valence-corrected chi connectivity index (χ1v) is 17.7. The maximum atomic E-state index is 11.3. The molecule has 1 aliphatic heterocycles. The Kier molecular flexibility index (Phi) is 9.76. The molecular weight excluding hydrogens is 621 g/mol. The fraction of sp³-hybridized carbons (Fsp3) is 0.308. The molecule has 0 radical (unpaired) electrons. The Morgan fingerprint density at radius 1 is 0.974 bits per heavy atom. The van der Waals surface area contributed by atoms with Crippen molar-refractivity contribution in [3.63, 3.8) is 0 Å². The molecule has 2 heterocycles. The van der Waals surface area contributed by atoms with E-state index in [1.807, 2.05) is 48.2 Å². The Bertz CT molecular complexity index is 1660. The summed E-state index contributed by atoms with van der Waals surface area (Å²) in [6, 6.07) is 11.2. The SMILES string of the molecule is CCC(=C/c1sc2ccc(Cl)cc2c1CCCS(=O)(=O)O)/C=C1\Sc2ccc(Cl)cc2N1CCCS(=O)(=O)O. The van der Waals surface area contributed by atoms with E-state index in [9.17, 15) is 25.9 Å². The van der Waals surface area contributed by atoms with E-state index in [1.54, 1.807) is 23.1 Å². The predicted octanol–water partition coefficient (Wildman–Crippen LogP) is 7.55. The van der Waals surface area contributed by atoms with Gasteiger partial charge in [0.25, 0.3) is 20.2 Å². The number of anilines is 1. The second kappa shape index (κ2) is 12.5. The summed E-state index contributed by atoms with van der Waals surface area (Å²) in [5.41, 5.74) is 2.88. The van der Waals surface area contributed by atoms with E-state index in [4.69, 9.17) is 23.2 Å². The van der Waals surface area contributed by atoms with Crippen LogP contribution in [0, 0.1) is 0 Å². The van der Waals surface area contributed by atoms with Gasteiger partial charge in [0.1, 0.15) is 0 Å². The van der Waals surface area contributed by atoms with Gasteiger partial charge in [-0.3, -0.25) is 9.11 Å². The number of nitrogens with zero attached hydrogens (tertiary/aromatic N) is 1. The molecule has 0 spiro atoms. The fourth-order valence-corrected chi connectivity index (χ4v) is 8.03. The Morgan fingerprint density at radius 2 is 1.64 bits per heavy atom. The van der Waals surface area contributed by atoms with E-state index in [-0.39, 0.29) is 24.3 Å². The third-order valence-corrected chi connectivity index (χ3v) is 10.5. The maximum absolute atomic E-state index is 11.3. The van der Waals surface area contributed by atoms with Crippen LogP contribution >= 0.6 is 46.3 Å². The molecule has 1 aromatic heterocycles. The zero-order valence-corrected chi connectivity index (χ0v) is 25.7. The molecule has 4 rings (SSSR count). The number of halogens is 2. The molecule has 2 N–H and O–H groups in total. The second-order valence-electron chi connectivity index (χ2n) is 9.04. The minimum atomic E-state index is -4.08. The highest BCUT2D eigenvalue weighted by Crippen LogP contribution is 2.47. The highest BCUT2D eigenvalue weighted by molar-refractivity contribution is 8.03. The summed E-state index contributed by atoms with van der Waals surface area (Å²) in [6.45, 7) is 2.42. The van der Waals surface area contributed by atoms with Gasteiger partial charge in [-0.1, -0.05) is 41.9 Å². The van der Waals surface area contributed by atoms with Crippen molar-refractivity contribution in [3.8, 4) is 0 Å². The Balaban J connectivity index is 1.71. The third kappa shape index (κ3) is 8.23. The van der Waals surface area contributed by atoms with Crippen molar-refractivity contribution < 1.29 is 25.9 Å². The number of benzene rings is 2. The number of aryl methyl sites for hydroxylation is 1. The summed E-state index contributed by atoms with van der Waals surface area (Å²) in [7, 11) is -8.14. The first kappa shape index (κ1) is 30.4. The molecule has 0 fully saturated rings. The van der Waals surface area contributed by atoms with Gasteiger partial charge in [0, 0.05) is 31.1 Å². The Hall–Kier alpha value is -1.57. The molecule has 0 atom stereocenters. The second-order valence-corrected chi connectivity index (χ2v) is 15.2. The van der Waals surface area contributed by atoms with E-state index >= 15 is 0 Å². The normalized spacial score (nSPS) is 15.5. The van der Waals surface area contributed by atoms with Crippen molar-refractivity contribution in [1.82, 2.24) is 0 Å². The average Bonchev–Trinajstić information content (AvgIpc) is 3.34. The molecule has 13 heteroatoms. The van der Waals surface area contributed by atoms with Gasteiger partial charge >= 0.3 is 0 Å². The van der Waals surface area contributed by atoms with Gasteiger partial charge in [-0.15, -0.1) is 11.3 Å². The Morgan fingerprint density at radius 3 is 2.33 bits per heavy atom. The molecule has 0 amide bonds. The molecule has 2 aromatic carbocycles. The van der Waals surface area contributed by atoms with Crippen LogP contribution in [0.3, 0.4) is 0 Å². The summed E-state index contributed by atoms with van der Waals surface area (Å²) in [4.78, 5) is 3.99. The standard InChI is InChI=1S/C26H27Cl2NO6S4/c1-2-17(13-25-20(5-3-11-38(30,31)32)21-15-18(27)6-8-23(21)36-25)14-26-29(10-4-12-39(33,34)35)22-16-19(28)7-9-24(22)37-26/h6-9,13-16H,2-5,10-12H2,1H3,(H,30,31,32)(H,33,34,35)/b17-13-,26-14-. The lowest BCUT2D eigenvalue weighted by Crippen LogP contribution is -2.21. The molecule has 0 aliphatic carbocycles. The fourth-order valence-electron chi connectivity index (χ4n) is 4.34. The Labute approximate surface area is 247 Å². The molecule has 0 saturated carbocycles. The summed E-state index contributed by atoms with van der Waals surface area (Å²) in [5.74, 6) is -0.667. The minimum Gasteiger partial charge on any atom is -0.335 e. The summed E-state index contributed by atoms with van der Waals surface area (Å²) >= 11 is 15.7. The first-order chi connectivity index (χ1) is 18.3. The molecule has 1 aliphatic rings. The van der Waals surface area contributed by atoms with Gasteiger partial charge in [-0.05, 0) is 90.8 Å². The van der Waals surface area contributed by atoms with Crippen molar-refractivity contribution in [1.29, 1.82) is 0 Å². The van der Waals surface area contributed by atoms with E-state index in [2.05, 4.69) is 12.2 Å². The largest absolute Gasteiger partial charge is 0.335 e. The van der Waals surface area contributed by atoms with Crippen LogP contribution in [0.5, 0.6) is 0 Å². The van der Waals surface area contributed by atoms with Crippen LogP contribution in [0.1, 0.15) is 36.6 Å². The zero-order valence-electron chi connectivity index (χ0n) is 20.9. The van der Waals surface area contributed by atoms with Gasteiger partial charge in [0.15, 0.2) is 0 Å². The highest BCUT2D eigenvalue weighted by atomic mass is 35.5. The van der Waals surface area contributed by atoms with Crippen LogP contribution in [0.2, 0.25) is 10.0 Å². The lowest BCUT2D eigenvalue weighted by Gasteiger charge is -2.21. The van der Waals surface area contributed by atoms with Crippen molar-refractivity contribution in [3.05, 3.63) is 73.6 Å². The van der Waals surface area contributed by atoms with Crippen molar-refractivity contribution in [2.24, 2.45) is 0 Å². The maximum Gasteiger partial charge on any atom is 0.264 e. The van der Waals surface area contributed by atoms with Gasteiger partial charge in [0.05, 0.1) is 22.2 Å². The van der Waals surface area contributed by atoms with Crippen LogP contribution < -0.4 is 4.90 Å². The number of thioether (sulfide) groups is 1. The van der Waals surface area contributed by atoms with E-state index in [0.29, 0.717) is 29.4 Å². The lowest BCUT2D eigenvalue weighted by atomic mass is 10.0. The molecule has 7 nitrogen and oxygen atoms in total. The van der Waals surface area contributed by atoms with Gasteiger partial charge in [-0.25, -0.2) is 0 Å². The highest BCUT2D eigenvalue weighted by Gasteiger charge is 2.26. The number of fused-ring (bicyclic) bond motifs is 2. The van der Waals surface area contributed by atoms with Crippen molar-refractivity contribution in [2.45, 2.75) is 37.5 Å². The molecule has 0 bridgehead atoms. The van der Waals surface area contributed by atoms with Gasteiger partial charge in [-0.2, -0.15) is 16.8 Å². The molecule has 3 aromatic rings. The summed E-state index contributed by atoms with van der Waals surface area (Å²) in [6.07, 6.45) is 5.82. The van der Waals surface area contributed by atoms with E-state index in [1.165, 1.54) is 0 Å². The van der Waals surface area contributed by atoms with Crippen LogP contribution in [0.15, 0.2) is 58.0 Å². The number of allylic oxidation sites excluding steroid dienone is 2. The van der Waals surface area contributed by atoms with Crippen LogP contribution in [-0.4, -0.2) is 44.0 Å². The van der Waals surface area contributed by atoms with Gasteiger partial charge < -0.3 is 4.90 Å². The van der Waals surface area contributed by atoms with Crippen LogP contribution in [0.4, 0.5) is 5.69 Å². The predicted molar refractivity (Wildman–Crippen MR) is 164 cm³/mol. The molecule has 39 heavy (non-hydrogen) atoms. The summed E-state index contributed by atoms with van der Waals surface area (Å²) in [5, 5.41) is 3.03. The molecule has 0 saturated heterocycles. The monoisotopic (exact) mass is 647 g/mol. The van der Waals surface area contributed by atoms with Crippen molar-refractivity contribution >= 4 is 88.4 Å². The number of rotatable bonds is 11. The average molecular weight is 649 g/mol. The first-order valence-electron chi connectivity index (χ1n) is 12.1. The molecule has 0 unspecified atom stereocenters. The number of hydrogen-bond donors (Lipinski definition) is 2. The van der Waals surface area contributed by atoms with Gasteiger partial charge in [0.2, 0.25) is 0 Å².